The summed E-state index contributed by atoms with van der Waals surface area (Å²) in [6, 6.07) is 0. The van der Waals surface area contributed by atoms with Crippen molar-refractivity contribution in [2.45, 2.75) is 4.18 Å². The fourth-order valence-electron chi connectivity index (χ4n) is 0.0886. The molecule has 0 amide bonds. The van der Waals surface area contributed by atoms with E-state index in [1.54, 1.807) is 0 Å². The van der Waals surface area contributed by atoms with Crippen molar-refractivity contribution in [1.29, 1.82) is 0 Å². The van der Waals surface area contributed by atoms with Crippen molar-refractivity contribution in [2.24, 2.45) is 0 Å². The molecular formula is CF4INO3. The Balaban J connectivity index is 3.85. The number of nitrogens with zero attached hydrogens (tertiary/aromatic N) is 1. The number of hydrogen-bond donors (Lipinski definition) is 0. The predicted molar refractivity (Wildman–Crippen MR) is 29.3 cm³/mol. The Morgan fingerprint density at radius 1 is 1.50 bits per heavy atom. The van der Waals surface area contributed by atoms with Crippen molar-refractivity contribution < 1.29 is 24.3 Å². The Morgan fingerprint density at radius 3 is 2.00 bits per heavy atom. The monoisotopic (exact) mass is 277 g/mol. The molecule has 0 bridgehead atoms. The van der Waals surface area contributed by atoms with Gasteiger partial charge in [-0.05, 0) is 0 Å². The molecule has 0 radical (unpaired) electrons. The van der Waals surface area contributed by atoms with E-state index in [2.05, 4.69) is 3.17 Å². The summed E-state index contributed by atoms with van der Waals surface area (Å²) < 4.78 is 42.3. The molecular weight excluding hydrogens is 277 g/mol. The number of rotatable bonds is 2. The molecule has 0 aliphatic heterocycles. The first kappa shape index (κ1) is 9.65. The van der Waals surface area contributed by atoms with Crippen LogP contribution in [-0.4, -0.2) is 9.27 Å². The summed E-state index contributed by atoms with van der Waals surface area (Å²) in [5.41, 5.74) is 0. The van der Waals surface area contributed by atoms with E-state index in [1.165, 1.54) is 0 Å². The van der Waals surface area contributed by atoms with E-state index < -0.39 is 30.1 Å². The van der Waals surface area contributed by atoms with Crippen LogP contribution < -0.4 is 0 Å². The SMILES string of the molecule is O=[N+]([O-])OI(F)C(F)(F)F. The molecule has 0 spiro atoms. The minimum atomic E-state index is -5.31. The summed E-state index contributed by atoms with van der Waals surface area (Å²) in [5.74, 6) is 0. The summed E-state index contributed by atoms with van der Waals surface area (Å²) in [6.45, 7) is 0. The number of alkyl halides is 4. The summed E-state index contributed by atoms with van der Waals surface area (Å²) in [5, 5.41) is 7.36. The van der Waals surface area contributed by atoms with Crippen LogP contribution in [0.3, 0.4) is 0 Å². The average Bonchev–Trinajstić information content (AvgIpc) is 1.60. The molecule has 9 heteroatoms. The molecule has 0 atom stereocenters. The van der Waals surface area contributed by atoms with Gasteiger partial charge in [0, 0.05) is 0 Å². The summed E-state index contributed by atoms with van der Waals surface area (Å²) >= 11 is -5.31. The third-order valence-electron chi connectivity index (χ3n) is 0.285. The van der Waals surface area contributed by atoms with Gasteiger partial charge in [0.1, 0.15) is 0 Å². The van der Waals surface area contributed by atoms with Gasteiger partial charge >= 0.3 is 59.4 Å². The second-order valence-electron chi connectivity index (χ2n) is 0.928. The molecule has 0 aromatic heterocycles. The first-order valence-electron chi connectivity index (χ1n) is 1.60. The Bertz CT molecular complexity index is 135. The van der Waals surface area contributed by atoms with E-state index in [1.807, 2.05) is 0 Å². The molecule has 0 aliphatic carbocycles. The zero-order valence-electron chi connectivity index (χ0n) is 4.06. The van der Waals surface area contributed by atoms with Gasteiger partial charge in [0.05, 0.1) is 0 Å². The predicted octanol–water partition coefficient (Wildman–Crippen LogP) is 2.02. The van der Waals surface area contributed by atoms with Crippen molar-refractivity contribution in [2.75, 3.05) is 0 Å². The standard InChI is InChI=1S/CF4INO3/c2-1(3,4)6(5)10-7(8)9. The number of hydrogen-bond acceptors (Lipinski definition) is 3. The normalized spacial score (nSPS) is 12.6. The van der Waals surface area contributed by atoms with Crippen LogP contribution in [0.5, 0.6) is 0 Å². The average molecular weight is 277 g/mol. The Kier molecular flexibility index (Phi) is 3.05. The Labute approximate surface area is 60.0 Å². The van der Waals surface area contributed by atoms with Crippen molar-refractivity contribution >= 4 is 20.8 Å². The summed E-state index contributed by atoms with van der Waals surface area (Å²) in [4.78, 5) is 9.14. The maximum atomic E-state index is 11.5. The van der Waals surface area contributed by atoms with Gasteiger partial charge in [-0.1, -0.05) is 0 Å². The van der Waals surface area contributed by atoms with Crippen molar-refractivity contribution in [3.05, 3.63) is 10.1 Å². The van der Waals surface area contributed by atoms with Crippen molar-refractivity contribution in [1.82, 2.24) is 0 Å². The molecule has 0 saturated carbocycles. The van der Waals surface area contributed by atoms with Crippen LogP contribution in [0.15, 0.2) is 0 Å². The molecule has 0 aromatic carbocycles. The van der Waals surface area contributed by atoms with E-state index in [0.29, 0.717) is 0 Å². The van der Waals surface area contributed by atoms with Gasteiger partial charge in [0.15, 0.2) is 0 Å². The van der Waals surface area contributed by atoms with Crippen LogP contribution in [-0.2, 0) is 3.17 Å². The summed E-state index contributed by atoms with van der Waals surface area (Å²) in [6.07, 6.45) is 0. The molecule has 0 N–H and O–H groups in total. The third kappa shape index (κ3) is 3.63. The second kappa shape index (κ2) is 3.16. The molecule has 0 saturated heterocycles. The van der Waals surface area contributed by atoms with Crippen molar-refractivity contribution in [3.63, 3.8) is 0 Å². The van der Waals surface area contributed by atoms with E-state index in [9.17, 15) is 16.0 Å². The van der Waals surface area contributed by atoms with E-state index >= 15 is 0 Å². The zero-order chi connectivity index (χ0) is 8.36. The van der Waals surface area contributed by atoms with Gasteiger partial charge in [-0.2, -0.15) is 0 Å². The van der Waals surface area contributed by atoms with Crippen LogP contribution in [0.4, 0.5) is 16.0 Å². The van der Waals surface area contributed by atoms with Gasteiger partial charge in [0.2, 0.25) is 0 Å². The van der Waals surface area contributed by atoms with Gasteiger partial charge in [0.25, 0.3) is 0 Å². The molecule has 0 aliphatic rings. The molecule has 62 valence electrons. The van der Waals surface area contributed by atoms with E-state index in [0.717, 1.165) is 0 Å². The maximum absolute atomic E-state index is 11.5. The van der Waals surface area contributed by atoms with Crippen molar-refractivity contribution in [3.8, 4) is 0 Å². The van der Waals surface area contributed by atoms with Crippen LogP contribution in [0.1, 0.15) is 0 Å². The molecule has 0 unspecified atom stereocenters. The van der Waals surface area contributed by atoms with Crippen LogP contribution in [0.2, 0.25) is 0 Å². The third-order valence-corrected chi connectivity index (χ3v) is 1.91. The molecule has 0 heterocycles. The van der Waals surface area contributed by atoms with Gasteiger partial charge < -0.3 is 0 Å². The minimum absolute atomic E-state index is 1.78. The Hall–Kier alpha value is -0.350. The molecule has 4 nitrogen and oxygen atoms in total. The molecule has 0 fully saturated rings. The zero-order valence-corrected chi connectivity index (χ0v) is 6.22. The van der Waals surface area contributed by atoms with Gasteiger partial charge in [-0.25, -0.2) is 0 Å². The van der Waals surface area contributed by atoms with E-state index in [-0.39, 0.29) is 0 Å². The van der Waals surface area contributed by atoms with Crippen LogP contribution in [0, 0.1) is 10.1 Å². The van der Waals surface area contributed by atoms with Crippen LogP contribution in [0.25, 0.3) is 0 Å². The first-order chi connectivity index (χ1) is 4.34. The quantitative estimate of drug-likeness (QED) is 0.255. The molecule has 0 aromatic rings. The van der Waals surface area contributed by atoms with Gasteiger partial charge in [-0.3, -0.25) is 0 Å². The fourth-order valence-corrected chi connectivity index (χ4v) is 0.594. The van der Waals surface area contributed by atoms with Gasteiger partial charge in [-0.15, -0.1) is 0 Å². The first-order valence-corrected chi connectivity index (χ1v) is 4.38. The Morgan fingerprint density at radius 2 is 1.90 bits per heavy atom. The van der Waals surface area contributed by atoms with E-state index in [4.69, 9.17) is 10.1 Å². The summed E-state index contributed by atoms with van der Waals surface area (Å²) in [7, 11) is 0. The fraction of sp³-hybridized carbons (Fsp3) is 1.00. The van der Waals surface area contributed by atoms with Crippen LogP contribution >= 0.6 is 20.8 Å². The molecule has 10 heavy (non-hydrogen) atoms. The molecule has 0 rings (SSSR count). The number of halogens is 5. The second-order valence-corrected chi connectivity index (χ2v) is 3.73. The topological polar surface area (TPSA) is 52.4 Å².